The van der Waals surface area contributed by atoms with Gasteiger partial charge in [-0.05, 0) is 44.4 Å². The Morgan fingerprint density at radius 1 is 1.27 bits per heavy atom. The second kappa shape index (κ2) is 7.68. The van der Waals surface area contributed by atoms with Crippen LogP contribution in [0.1, 0.15) is 32.3 Å². The molecular weight excluding hydrogens is 278 g/mol. The standard InChI is InChI=1S/C16H25N5O/c1-11(2)19-16(22)21-14-6-4-12(5-7-14)10-18-15(17-3)20-13-8-9-13/h4-7,11,13H,8-10H2,1-3H3,(H2,17,18,20)(H2,19,21,22). The molecule has 0 aliphatic heterocycles. The van der Waals surface area contributed by atoms with Gasteiger partial charge in [-0.25, -0.2) is 4.79 Å². The van der Waals surface area contributed by atoms with Crippen molar-refractivity contribution in [3.05, 3.63) is 29.8 Å². The lowest BCUT2D eigenvalue weighted by Gasteiger charge is -2.12. The summed E-state index contributed by atoms with van der Waals surface area (Å²) in [6.45, 7) is 4.55. The number of carbonyl (C=O) groups excluding carboxylic acids is 1. The topological polar surface area (TPSA) is 77.5 Å². The molecule has 1 aromatic rings. The van der Waals surface area contributed by atoms with Gasteiger partial charge in [0.05, 0.1) is 0 Å². The van der Waals surface area contributed by atoms with Gasteiger partial charge in [0, 0.05) is 31.4 Å². The molecule has 6 heteroatoms. The maximum Gasteiger partial charge on any atom is 0.319 e. The van der Waals surface area contributed by atoms with Crippen molar-refractivity contribution >= 4 is 17.7 Å². The molecule has 0 aromatic heterocycles. The minimum Gasteiger partial charge on any atom is -0.354 e. The summed E-state index contributed by atoms with van der Waals surface area (Å²) >= 11 is 0. The third-order valence-corrected chi connectivity index (χ3v) is 3.23. The maximum absolute atomic E-state index is 11.6. The van der Waals surface area contributed by atoms with Crippen LogP contribution in [0.25, 0.3) is 0 Å². The summed E-state index contributed by atoms with van der Waals surface area (Å²) in [6, 6.07) is 8.29. The number of hydrogen-bond acceptors (Lipinski definition) is 2. The van der Waals surface area contributed by atoms with E-state index in [1.807, 2.05) is 38.1 Å². The van der Waals surface area contributed by atoms with Gasteiger partial charge in [-0.1, -0.05) is 12.1 Å². The number of amides is 2. The van der Waals surface area contributed by atoms with E-state index in [1.165, 1.54) is 12.8 Å². The number of rotatable bonds is 5. The Kier molecular flexibility index (Phi) is 5.63. The second-order valence-corrected chi connectivity index (χ2v) is 5.79. The zero-order valence-electron chi connectivity index (χ0n) is 13.4. The lowest BCUT2D eigenvalue weighted by molar-refractivity contribution is 0.250. The fourth-order valence-electron chi connectivity index (χ4n) is 1.94. The SMILES string of the molecule is CN=C(NCc1ccc(NC(=O)NC(C)C)cc1)NC1CC1. The summed E-state index contributed by atoms with van der Waals surface area (Å²) < 4.78 is 0. The highest BCUT2D eigenvalue weighted by Crippen LogP contribution is 2.18. The molecule has 0 atom stereocenters. The summed E-state index contributed by atoms with van der Waals surface area (Å²) in [5, 5.41) is 12.2. The number of nitrogens with zero attached hydrogens (tertiary/aromatic N) is 1. The molecule has 0 radical (unpaired) electrons. The van der Waals surface area contributed by atoms with Crippen LogP contribution < -0.4 is 21.3 Å². The minimum atomic E-state index is -0.185. The van der Waals surface area contributed by atoms with E-state index >= 15 is 0 Å². The minimum absolute atomic E-state index is 0.120. The number of benzene rings is 1. The van der Waals surface area contributed by atoms with Crippen molar-refractivity contribution in [2.75, 3.05) is 12.4 Å². The van der Waals surface area contributed by atoms with Crippen LogP contribution in [0.5, 0.6) is 0 Å². The first kappa shape index (κ1) is 16.1. The highest BCUT2D eigenvalue weighted by molar-refractivity contribution is 5.89. The number of aliphatic imine (C=N–C) groups is 1. The smallest absolute Gasteiger partial charge is 0.319 e. The van der Waals surface area contributed by atoms with Gasteiger partial charge in [0.2, 0.25) is 0 Å². The van der Waals surface area contributed by atoms with Crippen molar-refractivity contribution < 1.29 is 4.79 Å². The normalized spacial score (nSPS) is 14.6. The van der Waals surface area contributed by atoms with Gasteiger partial charge < -0.3 is 21.3 Å². The van der Waals surface area contributed by atoms with Crippen LogP contribution >= 0.6 is 0 Å². The fourth-order valence-corrected chi connectivity index (χ4v) is 1.94. The van der Waals surface area contributed by atoms with Gasteiger partial charge in [-0.3, -0.25) is 4.99 Å². The number of carbonyl (C=O) groups is 1. The number of guanidine groups is 1. The van der Waals surface area contributed by atoms with Crippen molar-refractivity contribution in [1.29, 1.82) is 0 Å². The van der Waals surface area contributed by atoms with Gasteiger partial charge in [0.25, 0.3) is 0 Å². The molecule has 1 saturated carbocycles. The van der Waals surface area contributed by atoms with E-state index in [-0.39, 0.29) is 12.1 Å². The molecule has 0 unspecified atom stereocenters. The van der Waals surface area contributed by atoms with Crippen LogP contribution in [0.4, 0.5) is 10.5 Å². The first-order valence-electron chi connectivity index (χ1n) is 7.70. The Labute approximate surface area is 131 Å². The van der Waals surface area contributed by atoms with Gasteiger partial charge in [-0.15, -0.1) is 0 Å². The Bertz CT molecular complexity index is 520. The summed E-state index contributed by atoms with van der Waals surface area (Å²) in [5.74, 6) is 0.834. The summed E-state index contributed by atoms with van der Waals surface area (Å²) in [4.78, 5) is 15.8. The van der Waals surface area contributed by atoms with Crippen molar-refractivity contribution in [2.24, 2.45) is 4.99 Å². The van der Waals surface area contributed by atoms with E-state index in [1.54, 1.807) is 7.05 Å². The van der Waals surface area contributed by atoms with Crippen molar-refractivity contribution in [3.63, 3.8) is 0 Å². The molecule has 4 N–H and O–H groups in total. The highest BCUT2D eigenvalue weighted by atomic mass is 16.2. The Morgan fingerprint density at radius 2 is 1.95 bits per heavy atom. The van der Waals surface area contributed by atoms with Crippen LogP contribution in [-0.4, -0.2) is 31.1 Å². The Morgan fingerprint density at radius 3 is 2.50 bits per heavy atom. The van der Waals surface area contributed by atoms with E-state index in [9.17, 15) is 4.79 Å². The third kappa shape index (κ3) is 5.63. The molecule has 1 fully saturated rings. The van der Waals surface area contributed by atoms with Gasteiger partial charge in [0.15, 0.2) is 5.96 Å². The van der Waals surface area contributed by atoms with Gasteiger partial charge >= 0.3 is 6.03 Å². The molecule has 1 aromatic carbocycles. The van der Waals surface area contributed by atoms with Crippen molar-refractivity contribution in [3.8, 4) is 0 Å². The monoisotopic (exact) mass is 303 g/mol. The molecule has 120 valence electrons. The Hall–Kier alpha value is -2.24. The van der Waals surface area contributed by atoms with E-state index < -0.39 is 0 Å². The van der Waals surface area contributed by atoms with Crippen LogP contribution in [0, 0.1) is 0 Å². The fraction of sp³-hybridized carbons (Fsp3) is 0.500. The zero-order chi connectivity index (χ0) is 15.9. The van der Waals surface area contributed by atoms with Crippen LogP contribution in [0.15, 0.2) is 29.3 Å². The van der Waals surface area contributed by atoms with E-state index in [0.29, 0.717) is 12.6 Å². The number of urea groups is 1. The van der Waals surface area contributed by atoms with E-state index in [4.69, 9.17) is 0 Å². The third-order valence-electron chi connectivity index (χ3n) is 3.23. The molecule has 2 amide bonds. The molecule has 0 saturated heterocycles. The molecule has 1 aliphatic rings. The van der Waals surface area contributed by atoms with Crippen LogP contribution in [0.2, 0.25) is 0 Å². The molecular formula is C16H25N5O. The average molecular weight is 303 g/mol. The number of anilines is 1. The summed E-state index contributed by atoms with van der Waals surface area (Å²) in [7, 11) is 1.78. The van der Waals surface area contributed by atoms with Crippen molar-refractivity contribution in [1.82, 2.24) is 16.0 Å². The zero-order valence-corrected chi connectivity index (χ0v) is 13.4. The van der Waals surface area contributed by atoms with Crippen molar-refractivity contribution in [2.45, 2.75) is 45.3 Å². The summed E-state index contributed by atoms with van der Waals surface area (Å²) in [5.41, 5.74) is 1.91. The molecule has 6 nitrogen and oxygen atoms in total. The van der Waals surface area contributed by atoms with Crippen LogP contribution in [-0.2, 0) is 6.54 Å². The molecule has 0 bridgehead atoms. The Balaban J connectivity index is 1.79. The van der Waals surface area contributed by atoms with Crippen LogP contribution in [0.3, 0.4) is 0 Å². The summed E-state index contributed by atoms with van der Waals surface area (Å²) in [6.07, 6.45) is 2.44. The van der Waals surface area contributed by atoms with E-state index in [2.05, 4.69) is 26.3 Å². The van der Waals surface area contributed by atoms with E-state index in [0.717, 1.165) is 17.2 Å². The molecule has 0 heterocycles. The van der Waals surface area contributed by atoms with Gasteiger partial charge in [-0.2, -0.15) is 0 Å². The lowest BCUT2D eigenvalue weighted by atomic mass is 10.2. The first-order chi connectivity index (χ1) is 10.6. The number of nitrogens with one attached hydrogen (secondary N) is 4. The largest absolute Gasteiger partial charge is 0.354 e. The highest BCUT2D eigenvalue weighted by Gasteiger charge is 2.21. The predicted octanol–water partition coefficient (Wildman–Crippen LogP) is 2.04. The van der Waals surface area contributed by atoms with Gasteiger partial charge in [0.1, 0.15) is 0 Å². The quantitative estimate of drug-likeness (QED) is 0.496. The molecule has 2 rings (SSSR count). The molecule has 0 spiro atoms. The average Bonchev–Trinajstić information content (AvgIpc) is 3.28. The predicted molar refractivity (Wildman–Crippen MR) is 90.1 cm³/mol. The first-order valence-corrected chi connectivity index (χ1v) is 7.70. The maximum atomic E-state index is 11.6. The molecule has 22 heavy (non-hydrogen) atoms. The number of hydrogen-bond donors (Lipinski definition) is 4. The lowest BCUT2D eigenvalue weighted by Crippen LogP contribution is -2.38. The molecule has 1 aliphatic carbocycles. The second-order valence-electron chi connectivity index (χ2n) is 5.79.